The zero-order valence-corrected chi connectivity index (χ0v) is 11.3. The largest absolute Gasteiger partial charge is 0.493 e. The second kappa shape index (κ2) is 4.16. The number of nitrogens with one attached hydrogen (secondary N) is 1. The summed E-state index contributed by atoms with van der Waals surface area (Å²) in [6, 6.07) is 4.23. The van der Waals surface area contributed by atoms with Crippen LogP contribution in [0.3, 0.4) is 0 Å². The first-order chi connectivity index (χ1) is 10.4. The number of benzene rings is 1. The van der Waals surface area contributed by atoms with Crippen LogP contribution in [0, 0.1) is 0 Å². The van der Waals surface area contributed by atoms with Crippen LogP contribution in [0.4, 0.5) is 13.2 Å². The summed E-state index contributed by atoms with van der Waals surface area (Å²) in [5.74, 6) is -0.288. The van der Waals surface area contributed by atoms with Gasteiger partial charge in [-0.25, -0.2) is 9.36 Å². The molecule has 2 aliphatic heterocycles. The van der Waals surface area contributed by atoms with Gasteiger partial charge in [0.25, 0.3) is 0 Å². The van der Waals surface area contributed by atoms with E-state index in [0.29, 0.717) is 12.2 Å². The lowest BCUT2D eigenvalue weighted by atomic mass is 10.2. The van der Waals surface area contributed by atoms with Crippen molar-refractivity contribution < 1.29 is 18.3 Å². The van der Waals surface area contributed by atoms with Gasteiger partial charge >= 0.3 is 11.9 Å². The van der Waals surface area contributed by atoms with Crippen LogP contribution in [0.2, 0.25) is 0 Å². The number of hydrogen-bond donors (Lipinski definition) is 2. The molecule has 22 heavy (non-hydrogen) atoms. The van der Waals surface area contributed by atoms with Gasteiger partial charge < -0.3 is 10.4 Å². The molecule has 2 aromatic rings. The van der Waals surface area contributed by atoms with Gasteiger partial charge in [0.15, 0.2) is 0 Å². The van der Waals surface area contributed by atoms with E-state index in [2.05, 4.69) is 5.32 Å². The maximum atomic E-state index is 12.8. The Labute approximate surface area is 122 Å². The fourth-order valence-electron chi connectivity index (χ4n) is 3.38. The highest BCUT2D eigenvalue weighted by atomic mass is 19.4. The summed E-state index contributed by atoms with van der Waals surface area (Å²) >= 11 is 0. The maximum absolute atomic E-state index is 12.8. The number of aromatic hydroxyl groups is 1. The lowest BCUT2D eigenvalue weighted by Crippen LogP contribution is -2.31. The molecular formula is C14H12F3N3O2. The minimum absolute atomic E-state index is 0.0126. The van der Waals surface area contributed by atoms with E-state index in [9.17, 15) is 23.1 Å². The molecule has 1 aromatic heterocycles. The molecule has 8 heteroatoms. The SMILES string of the molecule is O=c1n(-c2cccc(C(F)(F)F)c2)c(O)c2n1[C@H]1CNC2C1. The molecule has 0 saturated carbocycles. The molecule has 0 amide bonds. The van der Waals surface area contributed by atoms with Gasteiger partial charge in [-0.05, 0) is 24.6 Å². The third-order valence-electron chi connectivity index (χ3n) is 4.33. The van der Waals surface area contributed by atoms with Gasteiger partial charge in [-0.2, -0.15) is 13.2 Å². The number of aromatic nitrogens is 2. The Bertz CT molecular complexity index is 822. The van der Waals surface area contributed by atoms with Crippen LogP contribution in [0.1, 0.15) is 29.8 Å². The molecule has 1 aromatic carbocycles. The predicted molar refractivity (Wildman–Crippen MR) is 71.1 cm³/mol. The molecule has 0 spiro atoms. The molecule has 116 valence electrons. The highest BCUT2D eigenvalue weighted by Crippen LogP contribution is 2.43. The highest BCUT2D eigenvalue weighted by molar-refractivity contribution is 5.43. The van der Waals surface area contributed by atoms with Gasteiger partial charge in [-0.1, -0.05) is 6.07 Å². The van der Waals surface area contributed by atoms with Crippen molar-refractivity contribution in [2.75, 3.05) is 6.54 Å². The molecule has 5 nitrogen and oxygen atoms in total. The van der Waals surface area contributed by atoms with Crippen LogP contribution in [0.5, 0.6) is 5.88 Å². The second-order valence-corrected chi connectivity index (χ2v) is 5.60. The van der Waals surface area contributed by atoms with Gasteiger partial charge in [-0.3, -0.25) is 4.57 Å². The van der Waals surface area contributed by atoms with Crippen molar-refractivity contribution in [1.82, 2.24) is 14.5 Å². The molecule has 2 bridgehead atoms. The lowest BCUT2D eigenvalue weighted by molar-refractivity contribution is -0.137. The van der Waals surface area contributed by atoms with Crippen molar-refractivity contribution in [3.8, 4) is 11.6 Å². The number of alkyl halides is 3. The first-order valence-corrected chi connectivity index (χ1v) is 6.85. The van der Waals surface area contributed by atoms with E-state index in [1.165, 1.54) is 16.7 Å². The quantitative estimate of drug-likeness (QED) is 0.846. The molecule has 4 rings (SSSR count). The molecule has 1 unspecified atom stereocenters. The van der Waals surface area contributed by atoms with Crippen molar-refractivity contribution in [2.45, 2.75) is 24.7 Å². The lowest BCUT2D eigenvalue weighted by Gasteiger charge is -2.13. The zero-order valence-electron chi connectivity index (χ0n) is 11.3. The summed E-state index contributed by atoms with van der Waals surface area (Å²) in [4.78, 5) is 12.5. The molecule has 2 aliphatic rings. The third-order valence-corrected chi connectivity index (χ3v) is 4.33. The minimum Gasteiger partial charge on any atom is -0.493 e. The Kier molecular flexibility index (Phi) is 2.54. The van der Waals surface area contributed by atoms with Gasteiger partial charge in [0, 0.05) is 6.54 Å². The monoisotopic (exact) mass is 311 g/mol. The summed E-state index contributed by atoms with van der Waals surface area (Å²) in [6.07, 6.45) is -3.78. The summed E-state index contributed by atoms with van der Waals surface area (Å²) < 4.78 is 40.9. The van der Waals surface area contributed by atoms with Gasteiger partial charge in [0.1, 0.15) is 5.69 Å². The van der Waals surface area contributed by atoms with Crippen LogP contribution < -0.4 is 11.0 Å². The van der Waals surface area contributed by atoms with Crippen molar-refractivity contribution in [3.63, 3.8) is 0 Å². The fourth-order valence-corrected chi connectivity index (χ4v) is 3.38. The van der Waals surface area contributed by atoms with Gasteiger partial charge in [-0.15, -0.1) is 0 Å². The van der Waals surface area contributed by atoms with Crippen LogP contribution in [0.25, 0.3) is 5.69 Å². The Morgan fingerprint density at radius 3 is 2.77 bits per heavy atom. The summed E-state index contributed by atoms with van der Waals surface area (Å²) in [6.45, 7) is 0.629. The predicted octanol–water partition coefficient (Wildman–Crippen LogP) is 1.95. The van der Waals surface area contributed by atoms with E-state index < -0.39 is 17.4 Å². The van der Waals surface area contributed by atoms with Crippen LogP contribution in [0.15, 0.2) is 29.1 Å². The van der Waals surface area contributed by atoms with Crippen LogP contribution >= 0.6 is 0 Å². The van der Waals surface area contributed by atoms with Crippen molar-refractivity contribution in [2.24, 2.45) is 0 Å². The van der Waals surface area contributed by atoms with Crippen molar-refractivity contribution in [3.05, 3.63) is 46.0 Å². The average molecular weight is 311 g/mol. The maximum Gasteiger partial charge on any atom is 0.416 e. The first kappa shape index (κ1) is 13.4. The Hall–Kier alpha value is -2.22. The molecule has 0 radical (unpaired) electrons. The number of hydrogen-bond acceptors (Lipinski definition) is 3. The Balaban J connectivity index is 1.91. The van der Waals surface area contributed by atoms with E-state index in [1.54, 1.807) is 0 Å². The van der Waals surface area contributed by atoms with Crippen molar-refractivity contribution >= 4 is 0 Å². The Morgan fingerprint density at radius 2 is 2.09 bits per heavy atom. The van der Waals surface area contributed by atoms with Gasteiger partial charge in [0.2, 0.25) is 5.88 Å². The number of imidazole rings is 1. The average Bonchev–Trinajstić information content (AvgIpc) is 3.12. The first-order valence-electron chi connectivity index (χ1n) is 6.85. The molecular weight excluding hydrogens is 299 g/mol. The third kappa shape index (κ3) is 1.67. The number of nitrogens with zero attached hydrogens (tertiary/aromatic N) is 2. The van der Waals surface area contributed by atoms with Crippen LogP contribution in [-0.2, 0) is 6.18 Å². The van der Waals surface area contributed by atoms with E-state index in [0.717, 1.165) is 23.1 Å². The zero-order chi connectivity index (χ0) is 15.6. The molecule has 2 N–H and O–H groups in total. The molecule has 3 heterocycles. The van der Waals surface area contributed by atoms with E-state index in [4.69, 9.17) is 0 Å². The minimum atomic E-state index is -4.50. The van der Waals surface area contributed by atoms with Crippen LogP contribution in [-0.4, -0.2) is 20.8 Å². The summed E-state index contributed by atoms with van der Waals surface area (Å²) in [7, 11) is 0. The van der Waals surface area contributed by atoms with E-state index >= 15 is 0 Å². The highest BCUT2D eigenvalue weighted by Gasteiger charge is 2.42. The standard InChI is InChI=1S/C14H12F3N3O2/c15-14(16,17)7-2-1-3-8(4-7)20-12(21)11-10-5-9(6-18-10)19(11)13(20)22/h1-4,9-10,18,21H,5-6H2/t9-,10?/m1/s1. The second-order valence-electron chi connectivity index (χ2n) is 5.60. The summed E-state index contributed by atoms with van der Waals surface area (Å²) in [5, 5.41) is 13.5. The normalized spacial score (nSPS) is 23.0. The smallest absolute Gasteiger partial charge is 0.416 e. The Morgan fingerprint density at radius 1 is 1.32 bits per heavy atom. The number of halogens is 3. The van der Waals surface area contributed by atoms with Crippen molar-refractivity contribution in [1.29, 1.82) is 0 Å². The van der Waals surface area contributed by atoms with E-state index in [-0.39, 0.29) is 23.7 Å². The topological polar surface area (TPSA) is 59.2 Å². The molecule has 0 aliphatic carbocycles. The molecule has 1 fully saturated rings. The molecule has 1 saturated heterocycles. The molecule has 2 atom stereocenters. The number of fused-ring (bicyclic) bond motifs is 5. The summed E-state index contributed by atoms with van der Waals surface area (Å²) in [5.41, 5.74) is -0.887. The fraction of sp³-hybridized carbons (Fsp3) is 0.357. The van der Waals surface area contributed by atoms with Gasteiger partial charge in [0.05, 0.1) is 23.3 Å². The van der Waals surface area contributed by atoms with E-state index in [1.807, 2.05) is 0 Å². The number of rotatable bonds is 1.